The van der Waals surface area contributed by atoms with Gasteiger partial charge in [0.25, 0.3) is 0 Å². The SMILES string of the molecule is Cc1ccc(-c2cc3c(SCCC(=O)Nc4cc(C)ccc4Cl)nccn3n2)cc1. The normalized spacial score (nSPS) is 11.0. The maximum Gasteiger partial charge on any atom is 0.225 e. The van der Waals surface area contributed by atoms with Crippen molar-refractivity contribution in [3.05, 3.63) is 77.1 Å². The van der Waals surface area contributed by atoms with Crippen LogP contribution in [0.2, 0.25) is 5.02 Å². The minimum atomic E-state index is -0.0733. The van der Waals surface area contributed by atoms with Gasteiger partial charge in [-0.1, -0.05) is 47.5 Å². The molecule has 7 heteroatoms. The number of nitrogens with one attached hydrogen (secondary N) is 1. The minimum Gasteiger partial charge on any atom is -0.325 e. The number of halogens is 1. The summed E-state index contributed by atoms with van der Waals surface area (Å²) >= 11 is 7.70. The van der Waals surface area contributed by atoms with Gasteiger partial charge in [-0.05, 0) is 37.6 Å². The topological polar surface area (TPSA) is 59.3 Å². The van der Waals surface area contributed by atoms with Crippen LogP contribution in [0.15, 0.2) is 66.0 Å². The second-order valence-electron chi connectivity index (χ2n) is 7.09. The molecule has 0 radical (unpaired) electrons. The van der Waals surface area contributed by atoms with Gasteiger partial charge < -0.3 is 5.32 Å². The third-order valence-electron chi connectivity index (χ3n) is 4.67. The zero-order valence-electron chi connectivity index (χ0n) is 16.7. The van der Waals surface area contributed by atoms with Gasteiger partial charge in [-0.2, -0.15) is 5.10 Å². The van der Waals surface area contributed by atoms with E-state index in [0.717, 1.165) is 27.4 Å². The Bertz CT molecular complexity index is 1200. The molecule has 1 amide bonds. The van der Waals surface area contributed by atoms with Crippen molar-refractivity contribution >= 4 is 40.5 Å². The Kier molecular flexibility index (Phi) is 6.06. The first-order chi connectivity index (χ1) is 14.5. The summed E-state index contributed by atoms with van der Waals surface area (Å²) in [5, 5.41) is 8.93. The number of hydrogen-bond donors (Lipinski definition) is 1. The van der Waals surface area contributed by atoms with Crippen LogP contribution in [0.25, 0.3) is 16.8 Å². The number of fused-ring (bicyclic) bond motifs is 1. The first kappa shape index (κ1) is 20.4. The molecule has 0 spiro atoms. The second kappa shape index (κ2) is 8.90. The Morgan fingerprint density at radius 2 is 1.87 bits per heavy atom. The summed E-state index contributed by atoms with van der Waals surface area (Å²) in [4.78, 5) is 16.8. The highest BCUT2D eigenvalue weighted by Crippen LogP contribution is 2.27. The van der Waals surface area contributed by atoms with Crippen molar-refractivity contribution in [3.63, 3.8) is 0 Å². The molecule has 0 saturated heterocycles. The molecule has 0 aliphatic rings. The molecule has 2 aromatic carbocycles. The molecule has 4 rings (SSSR count). The van der Waals surface area contributed by atoms with Crippen LogP contribution in [0.4, 0.5) is 5.69 Å². The van der Waals surface area contributed by atoms with Crippen molar-refractivity contribution in [1.29, 1.82) is 0 Å². The molecule has 2 heterocycles. The molecule has 152 valence electrons. The fraction of sp³-hybridized carbons (Fsp3) is 0.174. The highest BCUT2D eigenvalue weighted by Gasteiger charge is 2.11. The molecule has 0 bridgehead atoms. The third kappa shape index (κ3) is 4.66. The lowest BCUT2D eigenvalue weighted by molar-refractivity contribution is -0.115. The van der Waals surface area contributed by atoms with Gasteiger partial charge in [0.05, 0.1) is 21.9 Å². The van der Waals surface area contributed by atoms with Crippen LogP contribution in [0, 0.1) is 13.8 Å². The van der Waals surface area contributed by atoms with Crippen molar-refractivity contribution in [2.24, 2.45) is 0 Å². The van der Waals surface area contributed by atoms with E-state index in [4.69, 9.17) is 11.6 Å². The lowest BCUT2D eigenvalue weighted by atomic mass is 10.1. The largest absolute Gasteiger partial charge is 0.325 e. The number of anilines is 1. The van der Waals surface area contributed by atoms with Gasteiger partial charge in [0.1, 0.15) is 5.03 Å². The summed E-state index contributed by atoms with van der Waals surface area (Å²) in [7, 11) is 0. The first-order valence-electron chi connectivity index (χ1n) is 9.60. The highest BCUT2D eigenvalue weighted by atomic mass is 35.5. The molecule has 0 unspecified atom stereocenters. The first-order valence-corrected chi connectivity index (χ1v) is 11.0. The predicted molar refractivity (Wildman–Crippen MR) is 123 cm³/mol. The standard InChI is InChI=1S/C23H21ClN4OS/c1-15-3-6-17(7-4-15)19-14-21-23(25-10-11-28(21)27-19)30-12-9-22(29)26-20-13-16(2)5-8-18(20)24/h3-8,10-11,13-14H,9,12H2,1-2H3,(H,26,29). The van der Waals surface area contributed by atoms with Gasteiger partial charge in [-0.15, -0.1) is 11.8 Å². The predicted octanol–water partition coefficient (Wildman–Crippen LogP) is 5.79. The Hall–Kier alpha value is -2.83. The molecule has 4 aromatic rings. The van der Waals surface area contributed by atoms with Gasteiger partial charge in [0.15, 0.2) is 0 Å². The van der Waals surface area contributed by atoms with Crippen LogP contribution in [0.5, 0.6) is 0 Å². The number of nitrogens with zero attached hydrogens (tertiary/aromatic N) is 3. The average molecular weight is 437 g/mol. The van der Waals surface area contributed by atoms with Crippen molar-refractivity contribution in [2.45, 2.75) is 25.3 Å². The molecular formula is C23H21ClN4OS. The minimum absolute atomic E-state index is 0.0733. The number of hydrogen-bond acceptors (Lipinski definition) is 4. The van der Waals surface area contributed by atoms with Crippen molar-refractivity contribution in [2.75, 3.05) is 11.1 Å². The summed E-state index contributed by atoms with van der Waals surface area (Å²) in [6.07, 6.45) is 3.92. The molecule has 30 heavy (non-hydrogen) atoms. The summed E-state index contributed by atoms with van der Waals surface area (Å²) in [5.41, 5.74) is 5.80. The molecule has 5 nitrogen and oxygen atoms in total. The summed E-state index contributed by atoms with van der Waals surface area (Å²) in [6, 6.07) is 15.9. The van der Waals surface area contributed by atoms with E-state index in [1.807, 2.05) is 35.8 Å². The number of thioether (sulfide) groups is 1. The highest BCUT2D eigenvalue weighted by molar-refractivity contribution is 7.99. The molecule has 2 aromatic heterocycles. The Morgan fingerprint density at radius 3 is 2.67 bits per heavy atom. The average Bonchev–Trinajstić information content (AvgIpc) is 3.16. The van der Waals surface area contributed by atoms with Crippen LogP contribution in [-0.4, -0.2) is 26.3 Å². The van der Waals surface area contributed by atoms with E-state index < -0.39 is 0 Å². The zero-order chi connectivity index (χ0) is 21.1. The van der Waals surface area contributed by atoms with Crippen LogP contribution in [0.1, 0.15) is 17.5 Å². The number of carbonyl (C=O) groups excluding carboxylic acids is 1. The monoisotopic (exact) mass is 436 g/mol. The maximum atomic E-state index is 12.3. The van der Waals surface area contributed by atoms with Gasteiger partial charge >= 0.3 is 0 Å². The van der Waals surface area contributed by atoms with E-state index in [1.165, 1.54) is 5.56 Å². The van der Waals surface area contributed by atoms with Crippen molar-refractivity contribution in [1.82, 2.24) is 14.6 Å². The fourth-order valence-corrected chi connectivity index (χ4v) is 4.14. The van der Waals surface area contributed by atoms with Crippen LogP contribution in [-0.2, 0) is 4.79 Å². The van der Waals surface area contributed by atoms with Crippen molar-refractivity contribution in [3.8, 4) is 11.3 Å². The lowest BCUT2D eigenvalue weighted by Gasteiger charge is -2.08. The lowest BCUT2D eigenvalue weighted by Crippen LogP contribution is -2.12. The molecule has 0 fully saturated rings. The van der Waals surface area contributed by atoms with Gasteiger partial charge in [0.2, 0.25) is 5.91 Å². The number of aromatic nitrogens is 3. The van der Waals surface area contributed by atoms with E-state index >= 15 is 0 Å². The van der Waals surface area contributed by atoms with Gasteiger partial charge in [-0.25, -0.2) is 9.50 Å². The van der Waals surface area contributed by atoms with E-state index in [1.54, 1.807) is 24.0 Å². The van der Waals surface area contributed by atoms with E-state index in [9.17, 15) is 4.79 Å². The summed E-state index contributed by atoms with van der Waals surface area (Å²) < 4.78 is 1.83. The number of benzene rings is 2. The Morgan fingerprint density at radius 1 is 1.10 bits per heavy atom. The zero-order valence-corrected chi connectivity index (χ0v) is 18.3. The van der Waals surface area contributed by atoms with E-state index in [0.29, 0.717) is 22.9 Å². The van der Waals surface area contributed by atoms with Gasteiger partial charge in [-0.3, -0.25) is 4.79 Å². The fourth-order valence-electron chi connectivity index (χ4n) is 3.06. The molecule has 0 atom stereocenters. The summed E-state index contributed by atoms with van der Waals surface area (Å²) in [5.74, 6) is 0.531. The van der Waals surface area contributed by atoms with Crippen molar-refractivity contribution < 1.29 is 4.79 Å². The smallest absolute Gasteiger partial charge is 0.225 e. The third-order valence-corrected chi connectivity index (χ3v) is 5.99. The maximum absolute atomic E-state index is 12.3. The van der Waals surface area contributed by atoms with Crippen LogP contribution >= 0.6 is 23.4 Å². The Labute approximate surface area is 184 Å². The van der Waals surface area contributed by atoms with Crippen LogP contribution < -0.4 is 5.32 Å². The molecule has 0 saturated carbocycles. The number of amides is 1. The molecule has 0 aliphatic heterocycles. The Balaban J connectivity index is 1.43. The second-order valence-corrected chi connectivity index (χ2v) is 8.58. The van der Waals surface area contributed by atoms with E-state index in [-0.39, 0.29) is 5.91 Å². The van der Waals surface area contributed by atoms with Gasteiger partial charge in [0, 0.05) is 30.1 Å². The molecule has 0 aliphatic carbocycles. The van der Waals surface area contributed by atoms with Crippen LogP contribution in [0.3, 0.4) is 0 Å². The summed E-state index contributed by atoms with van der Waals surface area (Å²) in [6.45, 7) is 4.03. The van der Waals surface area contributed by atoms with E-state index in [2.05, 4.69) is 46.6 Å². The molecule has 1 N–H and O–H groups in total. The number of rotatable bonds is 6. The quantitative estimate of drug-likeness (QED) is 0.389. The molecular weight excluding hydrogens is 416 g/mol. The number of aryl methyl sites for hydroxylation is 2. The number of carbonyl (C=O) groups is 1.